The molecule has 2 heterocycles. The standard InChI is InChI=1S/C20H22N4O3S/c1-24-19(9-10-23-24)17-11-16(12-21-14-17)13-22-20(25)8-5-15-3-6-18(7-4-15)28(2,26)27/h3-4,6-7,9-12,14H,5,8,13H2,1-2H3,(H,22,25). The summed E-state index contributed by atoms with van der Waals surface area (Å²) in [7, 11) is -1.34. The van der Waals surface area contributed by atoms with Gasteiger partial charge in [0.1, 0.15) is 0 Å². The van der Waals surface area contributed by atoms with Crippen LogP contribution in [0.25, 0.3) is 11.3 Å². The number of carbonyl (C=O) groups excluding carboxylic acids is 1. The Labute approximate surface area is 164 Å². The molecule has 3 aromatic rings. The lowest BCUT2D eigenvalue weighted by Crippen LogP contribution is -2.23. The molecule has 0 bridgehead atoms. The van der Waals surface area contributed by atoms with Crippen molar-refractivity contribution in [1.29, 1.82) is 0 Å². The van der Waals surface area contributed by atoms with E-state index in [1.54, 1.807) is 47.5 Å². The second-order valence-electron chi connectivity index (χ2n) is 6.61. The Morgan fingerprint density at radius 1 is 1.11 bits per heavy atom. The number of rotatable bonds is 7. The van der Waals surface area contributed by atoms with E-state index in [2.05, 4.69) is 15.4 Å². The molecule has 3 rings (SSSR count). The molecule has 0 unspecified atom stereocenters. The fourth-order valence-corrected chi connectivity index (χ4v) is 3.46. The van der Waals surface area contributed by atoms with Crippen molar-refractivity contribution in [1.82, 2.24) is 20.1 Å². The molecule has 1 aromatic carbocycles. The lowest BCUT2D eigenvalue weighted by atomic mass is 10.1. The van der Waals surface area contributed by atoms with Crippen LogP contribution in [-0.2, 0) is 34.6 Å². The van der Waals surface area contributed by atoms with Gasteiger partial charge in [-0.25, -0.2) is 8.42 Å². The first-order chi connectivity index (χ1) is 13.3. The number of hydrogen-bond acceptors (Lipinski definition) is 5. The van der Waals surface area contributed by atoms with Gasteiger partial charge in [0.05, 0.1) is 10.6 Å². The van der Waals surface area contributed by atoms with Crippen LogP contribution in [0.15, 0.2) is 59.9 Å². The normalized spacial score (nSPS) is 11.4. The van der Waals surface area contributed by atoms with Crippen LogP contribution in [0.4, 0.5) is 0 Å². The average molecular weight is 398 g/mol. The smallest absolute Gasteiger partial charge is 0.220 e. The van der Waals surface area contributed by atoms with Crippen molar-refractivity contribution in [3.63, 3.8) is 0 Å². The van der Waals surface area contributed by atoms with Crippen molar-refractivity contribution in [3.05, 3.63) is 66.1 Å². The SMILES string of the molecule is Cn1nccc1-c1cncc(CNC(=O)CCc2ccc(S(C)(=O)=O)cc2)c1. The predicted octanol–water partition coefficient (Wildman–Crippen LogP) is 2.13. The van der Waals surface area contributed by atoms with E-state index in [1.165, 1.54) is 6.26 Å². The fraction of sp³-hybridized carbons (Fsp3) is 0.250. The zero-order chi connectivity index (χ0) is 20.1. The summed E-state index contributed by atoms with van der Waals surface area (Å²) in [6, 6.07) is 10.5. The van der Waals surface area contributed by atoms with Crippen LogP contribution >= 0.6 is 0 Å². The molecule has 0 spiro atoms. The summed E-state index contributed by atoms with van der Waals surface area (Å²) in [4.78, 5) is 16.7. The molecule has 8 heteroatoms. The third-order valence-electron chi connectivity index (χ3n) is 4.39. The maximum atomic E-state index is 12.1. The fourth-order valence-electron chi connectivity index (χ4n) is 2.83. The molecule has 0 atom stereocenters. The van der Waals surface area contributed by atoms with E-state index < -0.39 is 9.84 Å². The van der Waals surface area contributed by atoms with Crippen LogP contribution in [0.3, 0.4) is 0 Å². The predicted molar refractivity (Wildman–Crippen MR) is 106 cm³/mol. The number of aryl methyl sites for hydroxylation is 2. The van der Waals surface area contributed by atoms with Gasteiger partial charge in [0.25, 0.3) is 0 Å². The second-order valence-corrected chi connectivity index (χ2v) is 8.63. The summed E-state index contributed by atoms with van der Waals surface area (Å²) >= 11 is 0. The molecule has 0 aliphatic heterocycles. The third-order valence-corrected chi connectivity index (χ3v) is 5.52. The van der Waals surface area contributed by atoms with Gasteiger partial charge in [-0.15, -0.1) is 0 Å². The number of aromatic nitrogens is 3. The average Bonchev–Trinajstić information content (AvgIpc) is 3.10. The highest BCUT2D eigenvalue weighted by molar-refractivity contribution is 7.90. The second kappa shape index (κ2) is 8.35. The molecule has 0 aliphatic rings. The number of pyridine rings is 1. The zero-order valence-electron chi connectivity index (χ0n) is 15.8. The molecule has 146 valence electrons. The van der Waals surface area contributed by atoms with E-state index in [1.807, 2.05) is 19.2 Å². The summed E-state index contributed by atoms with van der Waals surface area (Å²) in [6.45, 7) is 0.393. The number of sulfone groups is 1. The summed E-state index contributed by atoms with van der Waals surface area (Å²) in [5, 5.41) is 7.05. The van der Waals surface area contributed by atoms with E-state index in [9.17, 15) is 13.2 Å². The molecular weight excluding hydrogens is 376 g/mol. The first kappa shape index (κ1) is 19.8. The van der Waals surface area contributed by atoms with Crippen LogP contribution < -0.4 is 5.32 Å². The Balaban J connectivity index is 1.53. The van der Waals surface area contributed by atoms with Crippen molar-refractivity contribution in [3.8, 4) is 11.3 Å². The van der Waals surface area contributed by atoms with Crippen molar-refractivity contribution in [2.45, 2.75) is 24.3 Å². The molecule has 0 radical (unpaired) electrons. The molecule has 0 saturated carbocycles. The van der Waals surface area contributed by atoms with Gasteiger partial charge < -0.3 is 5.32 Å². The molecule has 1 N–H and O–H groups in total. The Bertz CT molecular complexity index is 1070. The Morgan fingerprint density at radius 2 is 1.86 bits per heavy atom. The Kier molecular flexibility index (Phi) is 5.89. The van der Waals surface area contributed by atoms with Gasteiger partial charge in [0, 0.05) is 50.4 Å². The molecule has 1 amide bonds. The van der Waals surface area contributed by atoms with Gasteiger partial charge in [-0.3, -0.25) is 14.5 Å². The highest BCUT2D eigenvalue weighted by Gasteiger charge is 2.08. The largest absolute Gasteiger partial charge is 0.352 e. The van der Waals surface area contributed by atoms with Crippen LogP contribution in [-0.4, -0.2) is 35.3 Å². The first-order valence-electron chi connectivity index (χ1n) is 8.81. The molecule has 0 fully saturated rings. The lowest BCUT2D eigenvalue weighted by molar-refractivity contribution is -0.121. The van der Waals surface area contributed by atoms with Gasteiger partial charge >= 0.3 is 0 Å². The minimum atomic E-state index is -3.20. The number of hydrogen-bond donors (Lipinski definition) is 1. The Hall–Kier alpha value is -3.00. The summed E-state index contributed by atoms with van der Waals surface area (Å²) < 4.78 is 24.7. The number of nitrogens with one attached hydrogen (secondary N) is 1. The number of amides is 1. The quantitative estimate of drug-likeness (QED) is 0.658. The van der Waals surface area contributed by atoms with E-state index in [4.69, 9.17) is 0 Å². The molecule has 7 nitrogen and oxygen atoms in total. The minimum absolute atomic E-state index is 0.0712. The number of benzene rings is 1. The van der Waals surface area contributed by atoms with Crippen LogP contribution in [0.5, 0.6) is 0 Å². The van der Waals surface area contributed by atoms with E-state index >= 15 is 0 Å². The highest BCUT2D eigenvalue weighted by atomic mass is 32.2. The maximum Gasteiger partial charge on any atom is 0.220 e. The van der Waals surface area contributed by atoms with E-state index in [0.717, 1.165) is 22.4 Å². The van der Waals surface area contributed by atoms with E-state index in [-0.39, 0.29) is 10.8 Å². The molecule has 28 heavy (non-hydrogen) atoms. The van der Waals surface area contributed by atoms with Crippen LogP contribution in [0.1, 0.15) is 17.5 Å². The zero-order valence-corrected chi connectivity index (χ0v) is 16.6. The van der Waals surface area contributed by atoms with Gasteiger partial charge in [0.15, 0.2) is 9.84 Å². The molecule has 0 saturated heterocycles. The monoisotopic (exact) mass is 398 g/mol. The summed E-state index contributed by atoms with van der Waals surface area (Å²) in [5.74, 6) is -0.0712. The van der Waals surface area contributed by atoms with Gasteiger partial charge in [0.2, 0.25) is 5.91 Å². The molecule has 2 aromatic heterocycles. The number of carbonyl (C=O) groups is 1. The van der Waals surface area contributed by atoms with Crippen molar-refractivity contribution >= 4 is 15.7 Å². The maximum absolute atomic E-state index is 12.1. The minimum Gasteiger partial charge on any atom is -0.352 e. The van der Waals surface area contributed by atoms with Gasteiger partial charge in [-0.05, 0) is 41.8 Å². The van der Waals surface area contributed by atoms with Gasteiger partial charge in [-0.1, -0.05) is 12.1 Å². The lowest BCUT2D eigenvalue weighted by Gasteiger charge is -2.08. The first-order valence-corrected chi connectivity index (χ1v) is 10.7. The topological polar surface area (TPSA) is 93.9 Å². The van der Waals surface area contributed by atoms with Gasteiger partial charge in [-0.2, -0.15) is 5.10 Å². The van der Waals surface area contributed by atoms with Crippen molar-refractivity contribution in [2.75, 3.05) is 6.26 Å². The third kappa shape index (κ3) is 5.04. The molecular formula is C20H22N4O3S. The molecule has 0 aliphatic carbocycles. The number of nitrogens with zero attached hydrogens (tertiary/aromatic N) is 3. The van der Waals surface area contributed by atoms with E-state index in [0.29, 0.717) is 19.4 Å². The van der Waals surface area contributed by atoms with Crippen LogP contribution in [0, 0.1) is 0 Å². The highest BCUT2D eigenvalue weighted by Crippen LogP contribution is 2.18. The van der Waals surface area contributed by atoms with Crippen molar-refractivity contribution in [2.24, 2.45) is 7.05 Å². The summed E-state index contributed by atoms with van der Waals surface area (Å²) in [6.07, 6.45) is 7.27. The van der Waals surface area contributed by atoms with Crippen LogP contribution in [0.2, 0.25) is 0 Å². The Morgan fingerprint density at radius 3 is 2.50 bits per heavy atom. The van der Waals surface area contributed by atoms with Crippen molar-refractivity contribution < 1.29 is 13.2 Å². The summed E-state index contributed by atoms with van der Waals surface area (Å²) in [5.41, 5.74) is 3.72.